The highest BCUT2D eigenvalue weighted by molar-refractivity contribution is 7.89. The molecule has 2 N–H and O–H groups in total. The third kappa shape index (κ3) is 5.06. The molecule has 7 heteroatoms. The van der Waals surface area contributed by atoms with Crippen molar-refractivity contribution in [3.63, 3.8) is 0 Å². The van der Waals surface area contributed by atoms with Crippen molar-refractivity contribution >= 4 is 15.9 Å². The van der Waals surface area contributed by atoms with Gasteiger partial charge in [-0.3, -0.25) is 10.2 Å². The maximum absolute atomic E-state index is 12.2. The summed E-state index contributed by atoms with van der Waals surface area (Å²) >= 11 is 0. The van der Waals surface area contributed by atoms with E-state index in [1.165, 1.54) is 12.1 Å². The maximum Gasteiger partial charge on any atom is 0.272 e. The SMILES string of the molecule is Cc1cccc(C)c1OCC(=O)NNS(=O)(=O)c1ccc(C(C)C)cc1. The lowest BCUT2D eigenvalue weighted by Crippen LogP contribution is -2.43. The molecule has 0 fully saturated rings. The standard InChI is InChI=1S/C19H24N2O4S/c1-13(2)16-8-10-17(11-9-16)26(23,24)21-20-18(22)12-25-19-14(3)6-5-7-15(19)4/h5-11,13,21H,12H2,1-4H3,(H,20,22). The summed E-state index contributed by atoms with van der Waals surface area (Å²) in [6.45, 7) is 7.52. The number of carbonyl (C=O) groups excluding carboxylic acids is 1. The first-order valence-corrected chi connectivity index (χ1v) is 9.78. The van der Waals surface area contributed by atoms with E-state index in [0.717, 1.165) is 16.7 Å². The molecule has 0 radical (unpaired) electrons. The third-order valence-corrected chi connectivity index (χ3v) is 5.20. The molecule has 0 aliphatic heterocycles. The van der Waals surface area contributed by atoms with Gasteiger partial charge in [-0.2, -0.15) is 0 Å². The first-order chi connectivity index (χ1) is 12.2. The maximum atomic E-state index is 12.2. The average Bonchev–Trinajstić information content (AvgIpc) is 2.59. The molecule has 2 aromatic rings. The van der Waals surface area contributed by atoms with Crippen LogP contribution in [-0.4, -0.2) is 20.9 Å². The van der Waals surface area contributed by atoms with Crippen molar-refractivity contribution in [2.75, 3.05) is 6.61 Å². The van der Waals surface area contributed by atoms with E-state index in [1.807, 2.05) is 45.9 Å². The number of benzene rings is 2. The monoisotopic (exact) mass is 376 g/mol. The Morgan fingerprint density at radius 1 is 1.04 bits per heavy atom. The van der Waals surface area contributed by atoms with Gasteiger partial charge in [0.1, 0.15) is 5.75 Å². The van der Waals surface area contributed by atoms with Gasteiger partial charge in [-0.1, -0.05) is 44.2 Å². The predicted octanol–water partition coefficient (Wildman–Crippen LogP) is 2.82. The fourth-order valence-corrected chi connectivity index (χ4v) is 3.28. The van der Waals surface area contributed by atoms with Gasteiger partial charge in [-0.15, -0.1) is 4.83 Å². The Balaban J connectivity index is 1.93. The summed E-state index contributed by atoms with van der Waals surface area (Å²) in [4.78, 5) is 14.1. The lowest BCUT2D eigenvalue weighted by Gasteiger charge is -2.13. The number of nitrogens with one attached hydrogen (secondary N) is 2. The van der Waals surface area contributed by atoms with Gasteiger partial charge >= 0.3 is 0 Å². The van der Waals surface area contributed by atoms with E-state index in [0.29, 0.717) is 11.7 Å². The molecule has 140 valence electrons. The van der Waals surface area contributed by atoms with Crippen LogP contribution in [0.5, 0.6) is 5.75 Å². The van der Waals surface area contributed by atoms with Crippen LogP contribution < -0.4 is 15.0 Å². The van der Waals surface area contributed by atoms with Crippen molar-refractivity contribution in [3.05, 3.63) is 59.2 Å². The zero-order valence-corrected chi connectivity index (χ0v) is 16.2. The quantitative estimate of drug-likeness (QED) is 0.728. The second-order valence-corrected chi connectivity index (χ2v) is 8.07. The molecule has 0 aliphatic rings. The number of amides is 1. The second kappa shape index (κ2) is 8.33. The van der Waals surface area contributed by atoms with E-state index in [2.05, 4.69) is 10.3 Å². The molecular formula is C19H24N2O4S. The second-order valence-electron chi connectivity index (χ2n) is 6.39. The Morgan fingerprint density at radius 3 is 2.15 bits per heavy atom. The lowest BCUT2D eigenvalue weighted by molar-refractivity contribution is -0.123. The molecular weight excluding hydrogens is 352 g/mol. The number of aryl methyl sites for hydroxylation is 2. The molecule has 0 atom stereocenters. The number of carbonyl (C=O) groups is 1. The van der Waals surface area contributed by atoms with Gasteiger partial charge < -0.3 is 4.74 Å². The Bertz CT molecular complexity index is 855. The van der Waals surface area contributed by atoms with E-state index in [9.17, 15) is 13.2 Å². The van der Waals surface area contributed by atoms with Crippen molar-refractivity contribution in [3.8, 4) is 5.75 Å². The van der Waals surface area contributed by atoms with Crippen LogP contribution in [0.15, 0.2) is 47.4 Å². The van der Waals surface area contributed by atoms with Gasteiger partial charge in [-0.25, -0.2) is 8.42 Å². The topological polar surface area (TPSA) is 84.5 Å². The highest BCUT2D eigenvalue weighted by Gasteiger charge is 2.16. The highest BCUT2D eigenvalue weighted by Crippen LogP contribution is 2.22. The Kier molecular flexibility index (Phi) is 6.39. The van der Waals surface area contributed by atoms with E-state index in [4.69, 9.17) is 4.74 Å². The molecule has 0 heterocycles. The van der Waals surface area contributed by atoms with Crippen molar-refractivity contribution in [1.82, 2.24) is 10.3 Å². The Morgan fingerprint density at radius 2 is 1.62 bits per heavy atom. The van der Waals surface area contributed by atoms with E-state index < -0.39 is 15.9 Å². The molecule has 0 bridgehead atoms. The van der Waals surface area contributed by atoms with Crippen LogP contribution >= 0.6 is 0 Å². The fourth-order valence-electron chi connectivity index (χ4n) is 2.42. The predicted molar refractivity (Wildman–Crippen MR) is 100 cm³/mol. The molecule has 6 nitrogen and oxygen atoms in total. The average molecular weight is 376 g/mol. The largest absolute Gasteiger partial charge is 0.483 e. The molecule has 26 heavy (non-hydrogen) atoms. The number of hydrogen-bond donors (Lipinski definition) is 2. The van der Waals surface area contributed by atoms with Crippen LogP contribution in [0.1, 0.15) is 36.5 Å². The number of ether oxygens (including phenoxy) is 1. The van der Waals surface area contributed by atoms with Gasteiger partial charge in [0.2, 0.25) is 0 Å². The summed E-state index contributed by atoms with van der Waals surface area (Å²) in [5.41, 5.74) is 5.02. The van der Waals surface area contributed by atoms with Gasteiger partial charge in [0.15, 0.2) is 6.61 Å². The summed E-state index contributed by atoms with van der Waals surface area (Å²) < 4.78 is 30.0. The molecule has 0 saturated carbocycles. The smallest absolute Gasteiger partial charge is 0.272 e. The van der Waals surface area contributed by atoms with Gasteiger partial charge in [0.25, 0.3) is 15.9 Å². The van der Waals surface area contributed by atoms with Gasteiger partial charge in [-0.05, 0) is 48.6 Å². The van der Waals surface area contributed by atoms with Crippen LogP contribution in [0.4, 0.5) is 0 Å². The number of para-hydroxylation sites is 1. The van der Waals surface area contributed by atoms with Crippen molar-refractivity contribution in [1.29, 1.82) is 0 Å². The van der Waals surface area contributed by atoms with Crippen molar-refractivity contribution in [2.45, 2.75) is 38.5 Å². The lowest BCUT2D eigenvalue weighted by atomic mass is 10.0. The summed E-state index contributed by atoms with van der Waals surface area (Å²) in [5, 5.41) is 0. The normalized spacial score (nSPS) is 11.4. The van der Waals surface area contributed by atoms with Crippen molar-refractivity contribution in [2.24, 2.45) is 0 Å². The van der Waals surface area contributed by atoms with E-state index >= 15 is 0 Å². The number of rotatable bonds is 7. The molecule has 2 aromatic carbocycles. The Hall–Kier alpha value is -2.38. The highest BCUT2D eigenvalue weighted by atomic mass is 32.2. The van der Waals surface area contributed by atoms with Crippen LogP contribution in [0.2, 0.25) is 0 Å². The summed E-state index contributed by atoms with van der Waals surface area (Å²) in [5.74, 6) is 0.339. The van der Waals surface area contributed by atoms with Crippen LogP contribution in [-0.2, 0) is 14.8 Å². The molecule has 0 spiro atoms. The van der Waals surface area contributed by atoms with E-state index in [1.54, 1.807) is 12.1 Å². The summed E-state index contributed by atoms with van der Waals surface area (Å²) in [6, 6.07) is 12.2. The molecule has 0 aliphatic carbocycles. The fraction of sp³-hybridized carbons (Fsp3) is 0.316. The van der Waals surface area contributed by atoms with Crippen LogP contribution in [0.3, 0.4) is 0 Å². The minimum absolute atomic E-state index is 0.0814. The Labute approximate surface area is 154 Å². The third-order valence-electron chi connectivity index (χ3n) is 3.94. The zero-order valence-electron chi connectivity index (χ0n) is 15.4. The molecule has 0 saturated heterocycles. The number of sulfonamides is 1. The van der Waals surface area contributed by atoms with Crippen molar-refractivity contribution < 1.29 is 17.9 Å². The van der Waals surface area contributed by atoms with Gasteiger partial charge in [0, 0.05) is 0 Å². The summed E-state index contributed by atoms with van der Waals surface area (Å²) in [7, 11) is -3.83. The molecule has 0 unspecified atom stereocenters. The first-order valence-electron chi connectivity index (χ1n) is 8.30. The molecule has 1 amide bonds. The van der Waals surface area contributed by atoms with Gasteiger partial charge in [0.05, 0.1) is 4.90 Å². The van der Waals surface area contributed by atoms with Crippen LogP contribution in [0, 0.1) is 13.8 Å². The zero-order chi connectivity index (χ0) is 19.3. The molecule has 0 aromatic heterocycles. The van der Waals surface area contributed by atoms with E-state index in [-0.39, 0.29) is 11.5 Å². The minimum Gasteiger partial charge on any atom is -0.483 e. The van der Waals surface area contributed by atoms with Crippen LogP contribution in [0.25, 0.3) is 0 Å². The molecule has 2 rings (SSSR count). The summed E-state index contributed by atoms with van der Waals surface area (Å²) in [6.07, 6.45) is 0. The number of hydrazine groups is 1. The number of hydrogen-bond acceptors (Lipinski definition) is 4. The minimum atomic E-state index is -3.83. The first kappa shape index (κ1) is 19.9.